The third-order valence-corrected chi connectivity index (χ3v) is 6.10. The monoisotopic (exact) mass is 368 g/mol. The van der Waals surface area contributed by atoms with Gasteiger partial charge in [-0.25, -0.2) is 0 Å². The fraction of sp³-hybridized carbons (Fsp3) is 0.524. The van der Waals surface area contributed by atoms with Gasteiger partial charge in [0.05, 0.1) is 17.8 Å². The molecule has 1 aliphatic heterocycles. The quantitative estimate of drug-likeness (QED) is 0.788. The lowest BCUT2D eigenvalue weighted by molar-refractivity contribution is 0.246. The number of pyridine rings is 1. The largest absolute Gasteiger partial charge is 0.352 e. The van der Waals surface area contributed by atoms with E-state index < -0.39 is 0 Å². The third-order valence-electron chi connectivity index (χ3n) is 5.77. The van der Waals surface area contributed by atoms with E-state index in [4.69, 9.17) is 12.2 Å². The summed E-state index contributed by atoms with van der Waals surface area (Å²) in [6.45, 7) is 4.44. The van der Waals surface area contributed by atoms with Crippen LogP contribution in [0.2, 0.25) is 0 Å². The SMILES string of the molecule is CC(C)N1C(=S)N[C@H](c2ccccn2)[C@H]1c1cccn1C1CCCCC1. The van der Waals surface area contributed by atoms with Gasteiger partial charge in [-0.2, -0.15) is 0 Å². The van der Waals surface area contributed by atoms with Crippen molar-refractivity contribution in [1.29, 1.82) is 0 Å². The summed E-state index contributed by atoms with van der Waals surface area (Å²) in [6.07, 6.45) is 10.7. The summed E-state index contributed by atoms with van der Waals surface area (Å²) < 4.78 is 2.52. The van der Waals surface area contributed by atoms with Crippen LogP contribution in [0.3, 0.4) is 0 Å². The maximum Gasteiger partial charge on any atom is 0.170 e. The molecule has 138 valence electrons. The van der Waals surface area contributed by atoms with E-state index in [1.165, 1.54) is 37.8 Å². The van der Waals surface area contributed by atoms with Crippen LogP contribution >= 0.6 is 12.2 Å². The second kappa shape index (κ2) is 7.39. The van der Waals surface area contributed by atoms with E-state index in [-0.39, 0.29) is 12.1 Å². The first-order valence-electron chi connectivity index (χ1n) is 9.83. The predicted molar refractivity (Wildman–Crippen MR) is 109 cm³/mol. The molecule has 0 aromatic carbocycles. The van der Waals surface area contributed by atoms with Crippen LogP contribution in [0, 0.1) is 0 Å². The van der Waals surface area contributed by atoms with Crippen LogP contribution in [0.15, 0.2) is 42.7 Å². The van der Waals surface area contributed by atoms with E-state index in [1.807, 2.05) is 12.3 Å². The zero-order valence-corrected chi connectivity index (χ0v) is 16.5. The lowest BCUT2D eigenvalue weighted by Crippen LogP contribution is -2.36. The molecule has 26 heavy (non-hydrogen) atoms. The molecule has 0 spiro atoms. The van der Waals surface area contributed by atoms with E-state index in [9.17, 15) is 0 Å². The zero-order valence-electron chi connectivity index (χ0n) is 15.6. The highest BCUT2D eigenvalue weighted by Crippen LogP contribution is 2.42. The molecule has 2 atom stereocenters. The Morgan fingerprint density at radius 1 is 1.12 bits per heavy atom. The highest BCUT2D eigenvalue weighted by molar-refractivity contribution is 7.80. The Balaban J connectivity index is 1.75. The van der Waals surface area contributed by atoms with E-state index in [2.05, 4.69) is 64.1 Å². The smallest absolute Gasteiger partial charge is 0.170 e. The number of nitrogens with one attached hydrogen (secondary N) is 1. The molecule has 1 saturated heterocycles. The topological polar surface area (TPSA) is 33.1 Å². The van der Waals surface area contributed by atoms with Crippen LogP contribution in [-0.4, -0.2) is 25.6 Å². The molecule has 0 radical (unpaired) electrons. The number of rotatable bonds is 4. The van der Waals surface area contributed by atoms with Gasteiger partial charge in [-0.15, -0.1) is 0 Å². The predicted octanol–water partition coefficient (Wildman–Crippen LogP) is 4.77. The summed E-state index contributed by atoms with van der Waals surface area (Å²) in [5.41, 5.74) is 2.41. The zero-order chi connectivity index (χ0) is 18.1. The fourth-order valence-electron chi connectivity index (χ4n) is 4.59. The standard InChI is InChI=1S/C21H28N4S/c1-15(2)25-20(19(23-21(25)26)17-11-6-7-13-22-17)18-12-8-14-24(18)16-9-4-3-5-10-16/h6-8,11-16,19-20H,3-5,9-10H2,1-2H3,(H,23,26)/t19-,20-/m1/s1. The molecule has 4 nitrogen and oxygen atoms in total. The number of aromatic nitrogens is 2. The van der Waals surface area contributed by atoms with E-state index in [0.29, 0.717) is 12.1 Å². The molecule has 2 aromatic heterocycles. The molecule has 1 N–H and O–H groups in total. The fourth-order valence-corrected chi connectivity index (χ4v) is 5.04. The number of hydrogen-bond donors (Lipinski definition) is 1. The maximum absolute atomic E-state index is 5.72. The van der Waals surface area contributed by atoms with Gasteiger partial charge in [-0.1, -0.05) is 25.3 Å². The summed E-state index contributed by atoms with van der Waals surface area (Å²) >= 11 is 5.72. The van der Waals surface area contributed by atoms with Crippen molar-refractivity contribution in [1.82, 2.24) is 19.8 Å². The lowest BCUT2D eigenvalue weighted by atomic mass is 9.94. The number of nitrogens with zero attached hydrogens (tertiary/aromatic N) is 3. The van der Waals surface area contributed by atoms with Gasteiger partial charge >= 0.3 is 0 Å². The van der Waals surface area contributed by atoms with Crippen molar-refractivity contribution in [3.05, 3.63) is 54.1 Å². The Morgan fingerprint density at radius 3 is 2.62 bits per heavy atom. The Labute approximate surface area is 161 Å². The van der Waals surface area contributed by atoms with Crippen LogP contribution in [-0.2, 0) is 0 Å². The second-order valence-electron chi connectivity index (χ2n) is 7.76. The first-order chi connectivity index (χ1) is 12.7. The first kappa shape index (κ1) is 17.5. The van der Waals surface area contributed by atoms with Gasteiger partial charge < -0.3 is 14.8 Å². The summed E-state index contributed by atoms with van der Waals surface area (Å²) in [5, 5.41) is 4.38. The number of thiocarbonyl (C=S) groups is 1. The highest BCUT2D eigenvalue weighted by Gasteiger charge is 2.42. The van der Waals surface area contributed by atoms with Gasteiger partial charge in [-0.3, -0.25) is 4.98 Å². The molecular formula is C21H28N4S. The molecule has 0 unspecified atom stereocenters. The van der Waals surface area contributed by atoms with Crippen molar-refractivity contribution in [2.45, 2.75) is 70.1 Å². The Bertz CT molecular complexity index is 748. The van der Waals surface area contributed by atoms with Crippen molar-refractivity contribution < 1.29 is 0 Å². The van der Waals surface area contributed by atoms with Crippen LogP contribution in [0.1, 0.15) is 75.5 Å². The minimum Gasteiger partial charge on any atom is -0.352 e. The van der Waals surface area contributed by atoms with E-state index >= 15 is 0 Å². The Kier molecular flexibility index (Phi) is 4.98. The molecule has 4 rings (SSSR count). The maximum atomic E-state index is 5.72. The molecule has 2 aromatic rings. The van der Waals surface area contributed by atoms with Gasteiger partial charge in [0.1, 0.15) is 0 Å². The molecule has 2 aliphatic rings. The summed E-state index contributed by atoms with van der Waals surface area (Å²) in [7, 11) is 0. The van der Waals surface area contributed by atoms with Crippen molar-refractivity contribution in [2.24, 2.45) is 0 Å². The minimum atomic E-state index is 0.0864. The summed E-state index contributed by atoms with van der Waals surface area (Å²) in [6, 6.07) is 11.8. The van der Waals surface area contributed by atoms with Gasteiger partial charge in [0, 0.05) is 30.2 Å². The van der Waals surface area contributed by atoms with Crippen molar-refractivity contribution in [2.75, 3.05) is 0 Å². The van der Waals surface area contributed by atoms with Crippen molar-refractivity contribution in [3.63, 3.8) is 0 Å². The second-order valence-corrected chi connectivity index (χ2v) is 8.15. The molecule has 5 heteroatoms. The molecule has 2 fully saturated rings. The molecule has 3 heterocycles. The van der Waals surface area contributed by atoms with Crippen LogP contribution in [0.25, 0.3) is 0 Å². The summed E-state index contributed by atoms with van der Waals surface area (Å²) in [4.78, 5) is 6.98. The van der Waals surface area contributed by atoms with Gasteiger partial charge in [0.25, 0.3) is 0 Å². The number of hydrogen-bond acceptors (Lipinski definition) is 2. The molecule has 1 aliphatic carbocycles. The average Bonchev–Trinajstić information content (AvgIpc) is 3.27. The highest BCUT2D eigenvalue weighted by atomic mass is 32.1. The molecule has 0 amide bonds. The minimum absolute atomic E-state index is 0.0864. The molecular weight excluding hydrogens is 340 g/mol. The van der Waals surface area contributed by atoms with Gasteiger partial charge in [-0.05, 0) is 63.2 Å². The lowest BCUT2D eigenvalue weighted by Gasteiger charge is -2.34. The van der Waals surface area contributed by atoms with Crippen LogP contribution in [0.4, 0.5) is 0 Å². The average molecular weight is 369 g/mol. The summed E-state index contributed by atoms with van der Waals surface area (Å²) in [5.74, 6) is 0. The van der Waals surface area contributed by atoms with E-state index in [1.54, 1.807) is 0 Å². The van der Waals surface area contributed by atoms with Crippen molar-refractivity contribution in [3.8, 4) is 0 Å². The van der Waals surface area contributed by atoms with Crippen LogP contribution in [0.5, 0.6) is 0 Å². The molecule has 1 saturated carbocycles. The van der Waals surface area contributed by atoms with E-state index in [0.717, 1.165) is 10.8 Å². The van der Waals surface area contributed by atoms with Crippen LogP contribution < -0.4 is 5.32 Å². The first-order valence-corrected chi connectivity index (χ1v) is 10.2. The van der Waals surface area contributed by atoms with Gasteiger partial charge in [0.2, 0.25) is 0 Å². The third kappa shape index (κ3) is 3.13. The normalized spacial score (nSPS) is 24.3. The Hall–Kier alpha value is -1.88. The van der Waals surface area contributed by atoms with Crippen molar-refractivity contribution >= 4 is 17.3 Å². The Morgan fingerprint density at radius 2 is 1.92 bits per heavy atom. The molecule has 0 bridgehead atoms. The van der Waals surface area contributed by atoms with Gasteiger partial charge in [0.15, 0.2) is 5.11 Å².